The predicted molar refractivity (Wildman–Crippen MR) is 123 cm³/mol. The molecule has 0 unspecified atom stereocenters. The zero-order valence-corrected chi connectivity index (χ0v) is 18.1. The van der Waals surface area contributed by atoms with Gasteiger partial charge in [-0.1, -0.05) is 44.7 Å². The first-order valence-corrected chi connectivity index (χ1v) is 10.2. The van der Waals surface area contributed by atoms with Crippen LogP contribution in [0.25, 0.3) is 0 Å². The molecule has 2 heterocycles. The van der Waals surface area contributed by atoms with Gasteiger partial charge in [-0.2, -0.15) is 0 Å². The summed E-state index contributed by atoms with van der Waals surface area (Å²) in [7, 11) is 4.21. The van der Waals surface area contributed by atoms with E-state index in [4.69, 9.17) is 4.99 Å². The third-order valence-corrected chi connectivity index (χ3v) is 4.71. The Kier molecular flexibility index (Phi) is 8.33. The summed E-state index contributed by atoms with van der Waals surface area (Å²) in [6.45, 7) is 13.0. The molecule has 0 amide bonds. The van der Waals surface area contributed by atoms with Crippen molar-refractivity contribution in [2.24, 2.45) is 4.99 Å². The predicted octanol–water partition coefficient (Wildman–Crippen LogP) is 4.89. The van der Waals surface area contributed by atoms with E-state index in [1.165, 1.54) is 5.70 Å². The van der Waals surface area contributed by atoms with E-state index in [-0.39, 0.29) is 0 Å². The van der Waals surface area contributed by atoms with Crippen LogP contribution in [0.2, 0.25) is 0 Å². The van der Waals surface area contributed by atoms with Crippen molar-refractivity contribution in [3.8, 4) is 0 Å². The molecular formula is C23H35N5. The fourth-order valence-corrected chi connectivity index (χ4v) is 3.22. The van der Waals surface area contributed by atoms with Crippen molar-refractivity contribution in [1.29, 1.82) is 0 Å². The van der Waals surface area contributed by atoms with Crippen molar-refractivity contribution >= 4 is 17.2 Å². The summed E-state index contributed by atoms with van der Waals surface area (Å²) < 4.78 is 0. The number of benzene rings is 1. The second-order valence-corrected chi connectivity index (χ2v) is 6.98. The highest BCUT2D eigenvalue weighted by molar-refractivity contribution is 5.93. The summed E-state index contributed by atoms with van der Waals surface area (Å²) in [6, 6.07) is 8.31. The molecule has 1 aromatic carbocycles. The fourth-order valence-electron chi connectivity index (χ4n) is 3.22. The van der Waals surface area contributed by atoms with Gasteiger partial charge in [0.25, 0.3) is 0 Å². The molecule has 3 rings (SSSR count). The molecule has 5 nitrogen and oxygen atoms in total. The third-order valence-electron chi connectivity index (χ3n) is 4.71. The Bertz CT molecular complexity index is 745. The number of allylic oxidation sites excluding steroid dienone is 3. The molecule has 1 N–H and O–H groups in total. The Morgan fingerprint density at radius 2 is 1.89 bits per heavy atom. The van der Waals surface area contributed by atoms with Crippen molar-refractivity contribution in [2.45, 2.75) is 33.6 Å². The van der Waals surface area contributed by atoms with E-state index in [0.29, 0.717) is 6.54 Å². The second kappa shape index (κ2) is 10.7. The molecule has 0 saturated carbocycles. The minimum Gasteiger partial charge on any atom is -0.340 e. The van der Waals surface area contributed by atoms with E-state index in [1.54, 1.807) is 0 Å². The molecule has 0 fully saturated rings. The molecule has 0 saturated heterocycles. The maximum atomic E-state index is 4.82. The molecular weight excluding hydrogens is 346 g/mol. The first-order valence-electron chi connectivity index (χ1n) is 10.2. The molecule has 0 bridgehead atoms. The number of likely N-dealkylation sites (N-methyl/N-ethyl adjacent to an activating group) is 1. The number of hydrogen-bond acceptors (Lipinski definition) is 5. The Morgan fingerprint density at radius 3 is 2.64 bits per heavy atom. The highest BCUT2D eigenvalue weighted by Gasteiger charge is 2.25. The minimum absolute atomic E-state index is 0.686. The van der Waals surface area contributed by atoms with E-state index < -0.39 is 0 Å². The Hall–Kier alpha value is -2.53. The number of rotatable bonds is 5. The lowest BCUT2D eigenvalue weighted by molar-refractivity contribution is 0.358. The van der Waals surface area contributed by atoms with E-state index in [0.717, 1.165) is 49.0 Å². The average Bonchev–Trinajstić information content (AvgIpc) is 3.04. The van der Waals surface area contributed by atoms with Crippen LogP contribution in [0.3, 0.4) is 0 Å². The van der Waals surface area contributed by atoms with E-state index in [1.807, 2.05) is 26.1 Å². The standard InChI is InChI=1S/C21H29N5.C2H6/c1-17-10-6-5-9-13-22-21(25(17)15-14-24(3)4)16-26-18(2)23-19-11-7-8-12-20(19)26;1-2/h7-13,23H,2,5-6,14-16H2,1,3-4H3;1-2H3/b13-9+,17-10+,22-21?;. The number of amidine groups is 1. The quantitative estimate of drug-likeness (QED) is 0.787. The number of nitrogens with zero attached hydrogens (tertiary/aromatic N) is 4. The van der Waals surface area contributed by atoms with E-state index in [9.17, 15) is 0 Å². The van der Waals surface area contributed by atoms with Crippen molar-refractivity contribution in [3.63, 3.8) is 0 Å². The summed E-state index contributed by atoms with van der Waals surface area (Å²) >= 11 is 0. The second-order valence-electron chi connectivity index (χ2n) is 6.98. The maximum Gasteiger partial charge on any atom is 0.128 e. The van der Waals surface area contributed by atoms with Gasteiger partial charge in [0.1, 0.15) is 11.7 Å². The van der Waals surface area contributed by atoms with E-state index >= 15 is 0 Å². The summed E-state index contributed by atoms with van der Waals surface area (Å²) in [6.07, 6.45) is 8.47. The molecule has 0 aliphatic carbocycles. The number of anilines is 2. The van der Waals surface area contributed by atoms with Gasteiger partial charge in [-0.3, -0.25) is 0 Å². The van der Waals surface area contributed by atoms with Gasteiger partial charge in [0, 0.05) is 25.0 Å². The molecule has 28 heavy (non-hydrogen) atoms. The van der Waals surface area contributed by atoms with Gasteiger partial charge >= 0.3 is 0 Å². The molecule has 2 aliphatic rings. The van der Waals surface area contributed by atoms with Gasteiger partial charge in [0.05, 0.1) is 17.9 Å². The number of para-hydroxylation sites is 2. The monoisotopic (exact) mass is 381 g/mol. The Morgan fingerprint density at radius 1 is 1.14 bits per heavy atom. The van der Waals surface area contributed by atoms with Crippen LogP contribution in [0.15, 0.2) is 65.7 Å². The number of aliphatic imine (C=N–C) groups is 1. The van der Waals surface area contributed by atoms with Crippen LogP contribution in [0.4, 0.5) is 11.4 Å². The SMILES string of the molecule is C=C1Nc2ccccc2N1CC1=N/C=C/CC/C=C(\C)N1CCN(C)C.CC. The zero-order chi connectivity index (χ0) is 20.5. The molecule has 0 aromatic heterocycles. The van der Waals surface area contributed by atoms with Crippen LogP contribution in [0, 0.1) is 0 Å². The van der Waals surface area contributed by atoms with Gasteiger partial charge in [0.15, 0.2) is 0 Å². The van der Waals surface area contributed by atoms with Gasteiger partial charge < -0.3 is 20.0 Å². The van der Waals surface area contributed by atoms with Crippen LogP contribution in [-0.4, -0.2) is 49.4 Å². The summed E-state index contributed by atoms with van der Waals surface area (Å²) in [5, 5.41) is 3.37. The summed E-state index contributed by atoms with van der Waals surface area (Å²) in [4.78, 5) is 11.6. The topological polar surface area (TPSA) is 34.1 Å². The lowest BCUT2D eigenvalue weighted by Crippen LogP contribution is -2.41. The summed E-state index contributed by atoms with van der Waals surface area (Å²) in [5.74, 6) is 1.94. The molecule has 5 heteroatoms. The van der Waals surface area contributed by atoms with Crippen molar-refractivity contribution in [2.75, 3.05) is 43.9 Å². The van der Waals surface area contributed by atoms with Crippen LogP contribution in [0.5, 0.6) is 0 Å². The van der Waals surface area contributed by atoms with Crippen LogP contribution < -0.4 is 10.2 Å². The normalized spacial score (nSPS) is 19.3. The molecule has 0 spiro atoms. The molecule has 152 valence electrons. The molecule has 0 radical (unpaired) electrons. The lowest BCUT2D eigenvalue weighted by atomic mass is 10.2. The average molecular weight is 382 g/mol. The first-order chi connectivity index (χ1) is 13.6. The molecule has 2 aliphatic heterocycles. The zero-order valence-electron chi connectivity index (χ0n) is 18.1. The molecule has 1 aromatic rings. The Balaban J connectivity index is 0.00000136. The van der Waals surface area contributed by atoms with Crippen molar-refractivity contribution in [3.05, 3.63) is 60.7 Å². The van der Waals surface area contributed by atoms with Gasteiger partial charge in [-0.15, -0.1) is 0 Å². The first kappa shape index (κ1) is 21.8. The minimum atomic E-state index is 0.686. The third kappa shape index (κ3) is 5.49. The van der Waals surface area contributed by atoms with Gasteiger partial charge in [-0.25, -0.2) is 4.99 Å². The molecule has 0 atom stereocenters. The van der Waals surface area contributed by atoms with Gasteiger partial charge in [-0.05, 0) is 46.0 Å². The maximum absolute atomic E-state index is 4.82. The smallest absolute Gasteiger partial charge is 0.128 e. The van der Waals surface area contributed by atoms with Gasteiger partial charge in [0.2, 0.25) is 0 Å². The highest BCUT2D eigenvalue weighted by atomic mass is 15.3. The highest BCUT2D eigenvalue weighted by Crippen LogP contribution is 2.35. The largest absolute Gasteiger partial charge is 0.340 e. The number of nitrogens with one attached hydrogen (secondary N) is 1. The number of hydrogen-bond donors (Lipinski definition) is 1. The van der Waals surface area contributed by atoms with E-state index in [2.05, 4.69) is 78.0 Å². The fraction of sp³-hybridized carbons (Fsp3) is 0.435. The van der Waals surface area contributed by atoms with Crippen LogP contribution >= 0.6 is 0 Å². The van der Waals surface area contributed by atoms with Crippen LogP contribution in [0.1, 0.15) is 33.6 Å². The number of fused-ring (bicyclic) bond motifs is 1. The van der Waals surface area contributed by atoms with Crippen molar-refractivity contribution in [1.82, 2.24) is 9.80 Å². The Labute approximate surface area is 170 Å². The van der Waals surface area contributed by atoms with Crippen LogP contribution in [-0.2, 0) is 0 Å². The lowest BCUT2D eigenvalue weighted by Gasteiger charge is -2.31. The van der Waals surface area contributed by atoms with Crippen molar-refractivity contribution < 1.29 is 0 Å². The summed E-state index contributed by atoms with van der Waals surface area (Å²) in [5.41, 5.74) is 3.52.